The number of carbonyl (C=O) groups is 1. The first-order chi connectivity index (χ1) is 7.99. The molecule has 1 aromatic rings. The van der Waals surface area contributed by atoms with E-state index in [9.17, 15) is 13.6 Å². The highest BCUT2D eigenvalue weighted by atomic mass is 79.9. The first kappa shape index (κ1) is 17.3. The van der Waals surface area contributed by atoms with Gasteiger partial charge in [0.15, 0.2) is 0 Å². The van der Waals surface area contributed by atoms with E-state index in [0.29, 0.717) is 4.47 Å². The smallest absolute Gasteiger partial charge is 0.342 e. The van der Waals surface area contributed by atoms with E-state index in [0.717, 1.165) is 6.07 Å². The van der Waals surface area contributed by atoms with Gasteiger partial charge in [-0.15, -0.1) is 12.4 Å². The van der Waals surface area contributed by atoms with Gasteiger partial charge in [-0.05, 0) is 19.1 Å². The second kappa shape index (κ2) is 7.66. The van der Waals surface area contributed by atoms with Crippen molar-refractivity contribution in [2.24, 2.45) is 5.73 Å². The average Bonchev–Trinajstić information content (AvgIpc) is 2.27. The highest BCUT2D eigenvalue weighted by molar-refractivity contribution is 9.10. The zero-order valence-electron chi connectivity index (χ0n) is 9.53. The number of hydrogen-bond acceptors (Lipinski definition) is 3. The molecule has 0 spiro atoms. The standard InChI is InChI=1S/C11H12BrF2NO2.ClH/c1-2-17-11(16)9(14)10(15)8-6(12)4-3-5-7(8)13;/h3-5,9-10H,2,15H2,1H3;1H/t9?,10-;/m0./s1. The summed E-state index contributed by atoms with van der Waals surface area (Å²) < 4.78 is 31.9. The number of carbonyl (C=O) groups excluding carboxylic acids is 1. The Balaban J connectivity index is 0.00000289. The lowest BCUT2D eigenvalue weighted by Crippen LogP contribution is -2.32. The summed E-state index contributed by atoms with van der Waals surface area (Å²) in [4.78, 5) is 11.2. The molecule has 0 aliphatic rings. The number of nitrogens with two attached hydrogens (primary N) is 1. The fraction of sp³-hybridized carbons (Fsp3) is 0.364. The molecule has 0 saturated carbocycles. The SMILES string of the molecule is CCOC(=O)C(F)[C@@H](N)c1c(F)cccc1Br.Cl. The van der Waals surface area contributed by atoms with Gasteiger partial charge < -0.3 is 10.5 Å². The van der Waals surface area contributed by atoms with Gasteiger partial charge in [0, 0.05) is 10.0 Å². The number of alkyl halides is 1. The van der Waals surface area contributed by atoms with Gasteiger partial charge in [-0.1, -0.05) is 22.0 Å². The third-order valence-corrected chi connectivity index (χ3v) is 2.85. The largest absolute Gasteiger partial charge is 0.464 e. The molecule has 0 heterocycles. The molecule has 3 nitrogen and oxygen atoms in total. The van der Waals surface area contributed by atoms with Gasteiger partial charge in [-0.2, -0.15) is 0 Å². The van der Waals surface area contributed by atoms with Crippen LogP contribution >= 0.6 is 28.3 Å². The summed E-state index contributed by atoms with van der Waals surface area (Å²) >= 11 is 3.07. The maximum Gasteiger partial charge on any atom is 0.342 e. The lowest BCUT2D eigenvalue weighted by Gasteiger charge is -2.17. The van der Waals surface area contributed by atoms with E-state index in [1.807, 2.05) is 0 Å². The van der Waals surface area contributed by atoms with Crippen molar-refractivity contribution in [2.45, 2.75) is 19.1 Å². The van der Waals surface area contributed by atoms with Crippen LogP contribution in [0.3, 0.4) is 0 Å². The first-order valence-electron chi connectivity index (χ1n) is 4.99. The summed E-state index contributed by atoms with van der Waals surface area (Å²) in [5.41, 5.74) is 5.45. The zero-order valence-corrected chi connectivity index (χ0v) is 11.9. The second-order valence-corrected chi connectivity index (χ2v) is 4.17. The summed E-state index contributed by atoms with van der Waals surface area (Å²) in [6.07, 6.45) is -2.09. The molecule has 2 atom stereocenters. The summed E-state index contributed by atoms with van der Waals surface area (Å²) in [5, 5.41) is 0. The maximum atomic E-state index is 13.6. The van der Waals surface area contributed by atoms with Crippen LogP contribution in [-0.2, 0) is 9.53 Å². The molecule has 0 fully saturated rings. The summed E-state index contributed by atoms with van der Waals surface area (Å²) in [6.45, 7) is 1.60. The topological polar surface area (TPSA) is 52.3 Å². The van der Waals surface area contributed by atoms with Crippen LogP contribution in [0.5, 0.6) is 0 Å². The minimum Gasteiger partial charge on any atom is -0.464 e. The van der Waals surface area contributed by atoms with Crippen LogP contribution in [-0.4, -0.2) is 18.7 Å². The molecule has 0 aromatic heterocycles. The number of rotatable bonds is 4. The van der Waals surface area contributed by atoms with Crippen LogP contribution < -0.4 is 5.73 Å². The summed E-state index contributed by atoms with van der Waals surface area (Å²) in [7, 11) is 0. The number of ether oxygens (including phenoxy) is 1. The van der Waals surface area contributed by atoms with Crippen molar-refractivity contribution in [2.75, 3.05) is 6.61 Å². The molecule has 0 saturated heterocycles. The molecule has 2 N–H and O–H groups in total. The Kier molecular flexibility index (Phi) is 7.35. The van der Waals surface area contributed by atoms with E-state index in [4.69, 9.17) is 5.73 Å². The molecule has 0 aliphatic heterocycles. The normalized spacial score (nSPS) is 13.4. The number of benzene rings is 1. The number of esters is 1. The van der Waals surface area contributed by atoms with Crippen LogP contribution in [0.4, 0.5) is 8.78 Å². The van der Waals surface area contributed by atoms with Gasteiger partial charge >= 0.3 is 5.97 Å². The predicted octanol–water partition coefficient (Wildman–Crippen LogP) is 2.91. The van der Waals surface area contributed by atoms with Crippen molar-refractivity contribution >= 4 is 34.3 Å². The molecule has 7 heteroatoms. The van der Waals surface area contributed by atoms with Crippen LogP contribution in [0.15, 0.2) is 22.7 Å². The third kappa shape index (κ3) is 3.90. The van der Waals surface area contributed by atoms with Crippen LogP contribution in [0.1, 0.15) is 18.5 Å². The molecule has 18 heavy (non-hydrogen) atoms. The Morgan fingerprint density at radius 3 is 2.67 bits per heavy atom. The molecular formula is C11H13BrClF2NO2. The van der Waals surface area contributed by atoms with Gasteiger partial charge in [0.05, 0.1) is 12.6 Å². The molecule has 1 unspecified atom stereocenters. The average molecular weight is 345 g/mol. The lowest BCUT2D eigenvalue weighted by atomic mass is 10.0. The Bertz CT molecular complexity index is 400. The monoisotopic (exact) mass is 343 g/mol. The maximum absolute atomic E-state index is 13.6. The van der Waals surface area contributed by atoms with Gasteiger partial charge in [0.1, 0.15) is 5.82 Å². The Morgan fingerprint density at radius 2 is 2.17 bits per heavy atom. The van der Waals surface area contributed by atoms with Crippen LogP contribution in [0, 0.1) is 5.82 Å². The van der Waals surface area contributed by atoms with Crippen LogP contribution in [0.25, 0.3) is 0 Å². The minimum atomic E-state index is -2.09. The van der Waals surface area contributed by atoms with E-state index in [1.165, 1.54) is 12.1 Å². The highest BCUT2D eigenvalue weighted by Crippen LogP contribution is 2.28. The Hall–Kier alpha value is -0.720. The van der Waals surface area contributed by atoms with E-state index >= 15 is 0 Å². The highest BCUT2D eigenvalue weighted by Gasteiger charge is 2.30. The minimum absolute atomic E-state index is 0. The van der Waals surface area contributed by atoms with Gasteiger partial charge in [0.2, 0.25) is 6.17 Å². The van der Waals surface area contributed by atoms with Crippen molar-refractivity contribution in [1.29, 1.82) is 0 Å². The molecule has 0 bridgehead atoms. The fourth-order valence-electron chi connectivity index (χ4n) is 1.34. The second-order valence-electron chi connectivity index (χ2n) is 3.31. The lowest BCUT2D eigenvalue weighted by molar-refractivity contribution is -0.150. The van der Waals surface area contributed by atoms with E-state index in [-0.39, 0.29) is 24.6 Å². The first-order valence-corrected chi connectivity index (χ1v) is 5.78. The van der Waals surface area contributed by atoms with Gasteiger partial charge in [-0.3, -0.25) is 0 Å². The Labute approximate surface area is 118 Å². The number of hydrogen-bond donors (Lipinski definition) is 1. The number of halogens is 4. The van der Waals surface area contributed by atoms with Crippen molar-refractivity contribution in [3.63, 3.8) is 0 Å². The van der Waals surface area contributed by atoms with Gasteiger partial charge in [-0.25, -0.2) is 13.6 Å². The molecular weight excluding hydrogens is 331 g/mol. The summed E-state index contributed by atoms with van der Waals surface area (Å²) in [6, 6.07) is 2.73. The zero-order chi connectivity index (χ0) is 13.0. The van der Waals surface area contributed by atoms with E-state index in [1.54, 1.807) is 6.92 Å². The van der Waals surface area contributed by atoms with Crippen LogP contribution in [0.2, 0.25) is 0 Å². The van der Waals surface area contributed by atoms with Crippen molar-refractivity contribution in [3.8, 4) is 0 Å². The molecule has 0 radical (unpaired) electrons. The molecule has 1 aromatic carbocycles. The molecule has 1 rings (SSSR count). The quantitative estimate of drug-likeness (QED) is 0.855. The van der Waals surface area contributed by atoms with Crippen molar-refractivity contribution in [1.82, 2.24) is 0 Å². The molecule has 0 amide bonds. The molecule has 102 valence electrons. The fourth-order valence-corrected chi connectivity index (χ4v) is 1.95. The van der Waals surface area contributed by atoms with E-state index < -0.39 is 24.0 Å². The van der Waals surface area contributed by atoms with Crippen molar-refractivity contribution in [3.05, 3.63) is 34.1 Å². The Morgan fingerprint density at radius 1 is 1.56 bits per heavy atom. The predicted molar refractivity (Wildman–Crippen MR) is 69.8 cm³/mol. The molecule has 0 aliphatic carbocycles. The van der Waals surface area contributed by atoms with Crippen molar-refractivity contribution < 1.29 is 18.3 Å². The van der Waals surface area contributed by atoms with Gasteiger partial charge in [0.25, 0.3) is 0 Å². The third-order valence-electron chi connectivity index (χ3n) is 2.16. The summed E-state index contributed by atoms with van der Waals surface area (Å²) in [5.74, 6) is -1.76. The van der Waals surface area contributed by atoms with E-state index in [2.05, 4.69) is 20.7 Å².